The van der Waals surface area contributed by atoms with Crippen LogP contribution >= 0.6 is 27.3 Å². The van der Waals surface area contributed by atoms with Crippen molar-refractivity contribution >= 4 is 27.3 Å². The van der Waals surface area contributed by atoms with Crippen LogP contribution in [0.15, 0.2) is 9.85 Å². The Morgan fingerprint density at radius 1 is 1.50 bits per heavy atom. The summed E-state index contributed by atoms with van der Waals surface area (Å²) in [6.07, 6.45) is 3.28. The third kappa shape index (κ3) is 2.83. The van der Waals surface area contributed by atoms with Crippen molar-refractivity contribution in [2.45, 2.75) is 37.8 Å². The average Bonchev–Trinajstić information content (AvgIpc) is 2.99. The van der Waals surface area contributed by atoms with Crippen LogP contribution in [0.5, 0.6) is 0 Å². The molecule has 1 aromatic heterocycles. The van der Waals surface area contributed by atoms with Crippen LogP contribution in [0.2, 0.25) is 0 Å². The first kappa shape index (κ1) is 15.0. The lowest BCUT2D eigenvalue weighted by atomic mass is 9.80. The van der Waals surface area contributed by atoms with Gasteiger partial charge in [-0.15, -0.1) is 11.3 Å². The van der Waals surface area contributed by atoms with Crippen LogP contribution in [0.4, 0.5) is 0 Å². The molecule has 112 valence electrons. The lowest BCUT2D eigenvalue weighted by Crippen LogP contribution is -2.43. The van der Waals surface area contributed by atoms with E-state index in [9.17, 15) is 0 Å². The minimum absolute atomic E-state index is 0.0123. The predicted octanol–water partition coefficient (Wildman–Crippen LogP) is 3.67. The molecule has 0 aliphatic carbocycles. The molecule has 3 rings (SSSR count). The normalized spacial score (nSPS) is 31.9. The van der Waals surface area contributed by atoms with Gasteiger partial charge in [0, 0.05) is 30.6 Å². The van der Waals surface area contributed by atoms with Crippen LogP contribution in [-0.2, 0) is 9.47 Å². The number of aryl methyl sites for hydroxylation is 1. The van der Waals surface area contributed by atoms with Gasteiger partial charge in [0.05, 0.1) is 16.0 Å². The van der Waals surface area contributed by atoms with E-state index in [0.717, 1.165) is 39.1 Å². The zero-order valence-corrected chi connectivity index (χ0v) is 14.5. The van der Waals surface area contributed by atoms with E-state index in [-0.39, 0.29) is 5.60 Å². The van der Waals surface area contributed by atoms with Gasteiger partial charge in [0.1, 0.15) is 0 Å². The highest BCUT2D eigenvalue weighted by Gasteiger charge is 2.43. The highest BCUT2D eigenvalue weighted by Crippen LogP contribution is 2.43. The molecule has 20 heavy (non-hydrogen) atoms. The number of thiophene rings is 1. The minimum atomic E-state index is -0.0123. The molecule has 1 N–H and O–H groups in total. The van der Waals surface area contributed by atoms with Crippen molar-refractivity contribution in [3.05, 3.63) is 20.3 Å². The Morgan fingerprint density at radius 3 is 2.95 bits per heavy atom. The summed E-state index contributed by atoms with van der Waals surface area (Å²) in [5.41, 5.74) is 1.32. The zero-order valence-electron chi connectivity index (χ0n) is 12.1. The summed E-state index contributed by atoms with van der Waals surface area (Å²) in [4.78, 5) is 1.43. The van der Waals surface area contributed by atoms with E-state index in [1.807, 2.05) is 11.3 Å². The molecule has 2 aliphatic heterocycles. The van der Waals surface area contributed by atoms with Crippen LogP contribution < -0.4 is 5.32 Å². The van der Waals surface area contributed by atoms with Gasteiger partial charge in [-0.1, -0.05) is 0 Å². The zero-order chi connectivity index (χ0) is 14.2. The standard InChI is InChI=1S/C15H22BrNO2S/c1-10-7-12(20-14(10)16)13(17-2)11-3-5-19-15(8-11)4-6-18-9-15/h7,11,13,17H,3-6,8-9H2,1-2H3. The van der Waals surface area contributed by atoms with Crippen LogP contribution in [0.25, 0.3) is 0 Å². The molecule has 2 aliphatic rings. The van der Waals surface area contributed by atoms with Gasteiger partial charge in [-0.25, -0.2) is 0 Å². The number of ether oxygens (including phenoxy) is 2. The first-order chi connectivity index (χ1) is 9.63. The maximum absolute atomic E-state index is 6.06. The Bertz CT molecular complexity index is 451. The summed E-state index contributed by atoms with van der Waals surface area (Å²) in [6.45, 7) is 4.64. The second-order valence-electron chi connectivity index (χ2n) is 5.96. The molecule has 5 heteroatoms. The van der Waals surface area contributed by atoms with E-state index in [0.29, 0.717) is 12.0 Å². The van der Waals surface area contributed by atoms with Gasteiger partial charge in [0.2, 0.25) is 0 Å². The van der Waals surface area contributed by atoms with Crippen LogP contribution in [0, 0.1) is 12.8 Å². The van der Waals surface area contributed by atoms with Crippen molar-refractivity contribution in [2.75, 3.05) is 26.9 Å². The summed E-state index contributed by atoms with van der Waals surface area (Å²) in [7, 11) is 2.07. The molecule has 0 bridgehead atoms. The van der Waals surface area contributed by atoms with E-state index in [4.69, 9.17) is 9.47 Å². The fourth-order valence-corrected chi connectivity index (χ4v) is 5.24. The predicted molar refractivity (Wildman–Crippen MR) is 85.4 cm³/mol. The molecule has 3 unspecified atom stereocenters. The first-order valence-corrected chi connectivity index (χ1v) is 8.89. The second-order valence-corrected chi connectivity index (χ2v) is 8.36. The molecule has 1 aromatic rings. The van der Waals surface area contributed by atoms with Gasteiger partial charge in [-0.3, -0.25) is 0 Å². The molecule has 2 saturated heterocycles. The molecule has 0 saturated carbocycles. The molecule has 1 spiro atoms. The van der Waals surface area contributed by atoms with Crippen molar-refractivity contribution < 1.29 is 9.47 Å². The lowest BCUT2D eigenvalue weighted by Gasteiger charge is -2.40. The van der Waals surface area contributed by atoms with Crippen molar-refractivity contribution in [3.63, 3.8) is 0 Å². The Balaban J connectivity index is 1.78. The van der Waals surface area contributed by atoms with E-state index < -0.39 is 0 Å². The van der Waals surface area contributed by atoms with Gasteiger partial charge < -0.3 is 14.8 Å². The smallest absolute Gasteiger partial charge is 0.0940 e. The quantitative estimate of drug-likeness (QED) is 0.892. The van der Waals surface area contributed by atoms with Crippen LogP contribution in [-0.4, -0.2) is 32.5 Å². The molecule has 0 aromatic carbocycles. The van der Waals surface area contributed by atoms with Gasteiger partial charge in [0.25, 0.3) is 0 Å². The van der Waals surface area contributed by atoms with E-state index >= 15 is 0 Å². The topological polar surface area (TPSA) is 30.5 Å². The Morgan fingerprint density at radius 2 is 2.35 bits per heavy atom. The van der Waals surface area contributed by atoms with E-state index in [1.54, 1.807) is 0 Å². The molecule has 0 radical (unpaired) electrons. The fourth-order valence-electron chi connectivity index (χ4n) is 3.46. The van der Waals surface area contributed by atoms with E-state index in [1.165, 1.54) is 14.2 Å². The molecule has 3 heterocycles. The minimum Gasteiger partial charge on any atom is -0.378 e. The summed E-state index contributed by atoms with van der Waals surface area (Å²) >= 11 is 5.50. The highest BCUT2D eigenvalue weighted by atomic mass is 79.9. The van der Waals surface area contributed by atoms with Crippen molar-refractivity contribution in [2.24, 2.45) is 5.92 Å². The summed E-state index contributed by atoms with van der Waals surface area (Å²) < 4.78 is 12.9. The highest BCUT2D eigenvalue weighted by molar-refractivity contribution is 9.11. The number of hydrogen-bond donors (Lipinski definition) is 1. The molecule has 3 atom stereocenters. The summed E-state index contributed by atoms with van der Waals surface area (Å²) in [5, 5.41) is 3.53. The molecular weight excluding hydrogens is 338 g/mol. The average molecular weight is 360 g/mol. The molecule has 0 amide bonds. The van der Waals surface area contributed by atoms with Gasteiger partial charge in [-0.05, 0) is 60.3 Å². The number of hydrogen-bond acceptors (Lipinski definition) is 4. The third-order valence-electron chi connectivity index (χ3n) is 4.56. The van der Waals surface area contributed by atoms with Gasteiger partial charge in [0.15, 0.2) is 0 Å². The maximum Gasteiger partial charge on any atom is 0.0940 e. The van der Waals surface area contributed by atoms with Crippen molar-refractivity contribution in [1.82, 2.24) is 5.32 Å². The van der Waals surface area contributed by atoms with Crippen LogP contribution in [0.1, 0.15) is 35.7 Å². The SMILES string of the molecule is CNC(c1cc(C)c(Br)s1)C1CCOC2(CCOC2)C1. The fraction of sp³-hybridized carbons (Fsp3) is 0.733. The second kappa shape index (κ2) is 6.05. The Labute approximate surface area is 133 Å². The molecule has 2 fully saturated rings. The van der Waals surface area contributed by atoms with Crippen LogP contribution in [0.3, 0.4) is 0 Å². The van der Waals surface area contributed by atoms with E-state index in [2.05, 4.69) is 41.3 Å². The first-order valence-electron chi connectivity index (χ1n) is 7.28. The molecule has 3 nitrogen and oxygen atoms in total. The van der Waals surface area contributed by atoms with Crippen molar-refractivity contribution in [3.8, 4) is 0 Å². The maximum atomic E-state index is 6.06. The number of halogens is 1. The Kier molecular flexibility index (Phi) is 4.53. The number of nitrogens with one attached hydrogen (secondary N) is 1. The lowest BCUT2D eigenvalue weighted by molar-refractivity contribution is -0.103. The van der Waals surface area contributed by atoms with Gasteiger partial charge in [-0.2, -0.15) is 0 Å². The van der Waals surface area contributed by atoms with Gasteiger partial charge >= 0.3 is 0 Å². The summed E-state index contributed by atoms with van der Waals surface area (Å²) in [5.74, 6) is 0.625. The Hall–Kier alpha value is 0.0600. The monoisotopic (exact) mass is 359 g/mol. The number of rotatable bonds is 3. The molecular formula is C15H22BrNO2S. The largest absolute Gasteiger partial charge is 0.378 e. The van der Waals surface area contributed by atoms with Crippen molar-refractivity contribution in [1.29, 1.82) is 0 Å². The summed E-state index contributed by atoms with van der Waals surface area (Å²) in [6, 6.07) is 2.73. The third-order valence-corrected chi connectivity index (χ3v) is 6.78.